The molecule has 0 aliphatic rings. The van der Waals surface area contributed by atoms with Gasteiger partial charge in [-0.05, 0) is 44.0 Å². The van der Waals surface area contributed by atoms with E-state index >= 15 is 0 Å². The number of nitrogens with zero attached hydrogens (tertiary/aromatic N) is 1. The highest BCUT2D eigenvalue weighted by molar-refractivity contribution is 5.77. The Morgan fingerprint density at radius 2 is 1.50 bits per heavy atom. The Bertz CT molecular complexity index is 832. The van der Waals surface area contributed by atoms with E-state index in [-0.39, 0.29) is 24.7 Å². The van der Waals surface area contributed by atoms with Gasteiger partial charge < -0.3 is 14.1 Å². The zero-order chi connectivity index (χ0) is 19.9. The van der Waals surface area contributed by atoms with Crippen LogP contribution in [0.2, 0.25) is 0 Å². The third-order valence-electron chi connectivity index (χ3n) is 4.64. The molecule has 3 rings (SSSR count). The van der Waals surface area contributed by atoms with Crippen molar-refractivity contribution in [3.63, 3.8) is 0 Å². The van der Waals surface area contributed by atoms with E-state index in [1.54, 1.807) is 4.90 Å². The van der Waals surface area contributed by atoms with Gasteiger partial charge in [0.05, 0.1) is 6.54 Å². The molecule has 0 aliphatic carbocycles. The maximum absolute atomic E-state index is 12.9. The lowest BCUT2D eigenvalue weighted by atomic mass is 10.0. The standard InChI is InChI=1S/C24H27NO3/c1-18(2)25(16-22-15-14-19(3)28-22)23(26)17-27-24(20-10-6-4-7-11-20)21-12-8-5-9-13-21/h4-15,18,24H,16-17H2,1-3H3. The largest absolute Gasteiger partial charge is 0.464 e. The summed E-state index contributed by atoms with van der Waals surface area (Å²) >= 11 is 0. The Kier molecular flexibility index (Phi) is 6.66. The number of amides is 1. The van der Waals surface area contributed by atoms with Crippen molar-refractivity contribution >= 4 is 5.91 Å². The van der Waals surface area contributed by atoms with Crippen LogP contribution in [0.5, 0.6) is 0 Å². The average molecular weight is 377 g/mol. The average Bonchev–Trinajstić information content (AvgIpc) is 3.12. The number of furan rings is 1. The monoisotopic (exact) mass is 377 g/mol. The minimum Gasteiger partial charge on any atom is -0.464 e. The molecule has 1 amide bonds. The molecule has 0 saturated carbocycles. The van der Waals surface area contributed by atoms with Gasteiger partial charge in [-0.2, -0.15) is 0 Å². The van der Waals surface area contributed by atoms with Crippen LogP contribution in [-0.4, -0.2) is 23.5 Å². The second-order valence-corrected chi connectivity index (χ2v) is 7.14. The summed E-state index contributed by atoms with van der Waals surface area (Å²) in [6.07, 6.45) is -0.286. The second-order valence-electron chi connectivity index (χ2n) is 7.14. The topological polar surface area (TPSA) is 42.7 Å². The lowest BCUT2D eigenvalue weighted by Gasteiger charge is -2.27. The first-order chi connectivity index (χ1) is 13.5. The Labute approximate surface area is 166 Å². The number of hydrogen-bond donors (Lipinski definition) is 0. The zero-order valence-electron chi connectivity index (χ0n) is 16.7. The van der Waals surface area contributed by atoms with E-state index in [4.69, 9.17) is 9.15 Å². The van der Waals surface area contributed by atoms with Crippen LogP contribution in [0.25, 0.3) is 0 Å². The van der Waals surface area contributed by atoms with Crippen LogP contribution >= 0.6 is 0 Å². The number of carbonyl (C=O) groups is 1. The summed E-state index contributed by atoms with van der Waals surface area (Å²) in [4.78, 5) is 14.7. The van der Waals surface area contributed by atoms with Crippen molar-refractivity contribution in [3.05, 3.63) is 95.4 Å². The number of aryl methyl sites for hydroxylation is 1. The predicted molar refractivity (Wildman–Crippen MR) is 110 cm³/mol. The normalized spacial score (nSPS) is 11.2. The summed E-state index contributed by atoms with van der Waals surface area (Å²) in [6.45, 7) is 6.35. The molecule has 1 aromatic heterocycles. The van der Waals surface area contributed by atoms with E-state index in [1.807, 2.05) is 93.6 Å². The second kappa shape index (κ2) is 9.38. The van der Waals surface area contributed by atoms with Gasteiger partial charge in [0, 0.05) is 6.04 Å². The SMILES string of the molecule is Cc1ccc(CN(C(=O)COC(c2ccccc2)c2ccccc2)C(C)C)o1. The van der Waals surface area contributed by atoms with E-state index in [2.05, 4.69) is 0 Å². The van der Waals surface area contributed by atoms with E-state index < -0.39 is 0 Å². The van der Waals surface area contributed by atoms with Crippen LogP contribution < -0.4 is 0 Å². The lowest BCUT2D eigenvalue weighted by molar-refractivity contribution is -0.140. The molecule has 28 heavy (non-hydrogen) atoms. The van der Waals surface area contributed by atoms with Crippen LogP contribution in [0.4, 0.5) is 0 Å². The Hall–Kier alpha value is -2.85. The van der Waals surface area contributed by atoms with Gasteiger partial charge in [0.25, 0.3) is 0 Å². The van der Waals surface area contributed by atoms with E-state index in [0.717, 1.165) is 22.6 Å². The molecule has 0 aliphatic heterocycles. The Morgan fingerprint density at radius 1 is 0.929 bits per heavy atom. The number of carbonyl (C=O) groups excluding carboxylic acids is 1. The highest BCUT2D eigenvalue weighted by atomic mass is 16.5. The van der Waals surface area contributed by atoms with Crippen LogP contribution in [0.1, 0.15) is 42.6 Å². The van der Waals surface area contributed by atoms with Crippen molar-refractivity contribution in [2.45, 2.75) is 39.5 Å². The summed E-state index contributed by atoms with van der Waals surface area (Å²) in [6, 6.07) is 23.8. The molecule has 4 heteroatoms. The quantitative estimate of drug-likeness (QED) is 0.546. The number of hydrogen-bond acceptors (Lipinski definition) is 3. The summed E-state index contributed by atoms with van der Waals surface area (Å²) < 4.78 is 11.8. The molecule has 0 radical (unpaired) electrons. The van der Waals surface area contributed by atoms with Gasteiger partial charge in [0.15, 0.2) is 0 Å². The van der Waals surface area contributed by atoms with Crippen LogP contribution in [0, 0.1) is 6.92 Å². The van der Waals surface area contributed by atoms with Crippen molar-refractivity contribution in [2.75, 3.05) is 6.61 Å². The molecule has 1 heterocycles. The maximum atomic E-state index is 12.9. The zero-order valence-corrected chi connectivity index (χ0v) is 16.7. The number of ether oxygens (including phenoxy) is 1. The van der Waals surface area contributed by atoms with Crippen LogP contribution in [0.3, 0.4) is 0 Å². The van der Waals surface area contributed by atoms with Crippen molar-refractivity contribution in [2.24, 2.45) is 0 Å². The molecule has 0 spiro atoms. The molecule has 2 aromatic carbocycles. The summed E-state index contributed by atoms with van der Waals surface area (Å²) in [5.41, 5.74) is 2.05. The molecule has 0 fully saturated rings. The molecule has 4 nitrogen and oxygen atoms in total. The van der Waals surface area contributed by atoms with Gasteiger partial charge in [-0.15, -0.1) is 0 Å². The first-order valence-electron chi connectivity index (χ1n) is 9.61. The molecule has 0 unspecified atom stereocenters. The van der Waals surface area contributed by atoms with E-state index in [0.29, 0.717) is 6.54 Å². The van der Waals surface area contributed by atoms with Crippen LogP contribution in [-0.2, 0) is 16.1 Å². The van der Waals surface area contributed by atoms with Crippen molar-refractivity contribution in [3.8, 4) is 0 Å². The van der Waals surface area contributed by atoms with Crippen molar-refractivity contribution in [1.82, 2.24) is 4.90 Å². The lowest BCUT2D eigenvalue weighted by Crippen LogP contribution is -2.39. The molecule has 0 N–H and O–H groups in total. The fourth-order valence-corrected chi connectivity index (χ4v) is 3.17. The van der Waals surface area contributed by atoms with E-state index in [1.165, 1.54) is 0 Å². The molecular weight excluding hydrogens is 350 g/mol. The van der Waals surface area contributed by atoms with Gasteiger partial charge in [-0.1, -0.05) is 60.7 Å². The van der Waals surface area contributed by atoms with Gasteiger partial charge in [-0.3, -0.25) is 4.79 Å². The van der Waals surface area contributed by atoms with Gasteiger partial charge in [0.1, 0.15) is 24.2 Å². The van der Waals surface area contributed by atoms with E-state index in [9.17, 15) is 4.79 Å². The highest BCUT2D eigenvalue weighted by Crippen LogP contribution is 2.26. The smallest absolute Gasteiger partial charge is 0.249 e. The molecule has 0 saturated heterocycles. The highest BCUT2D eigenvalue weighted by Gasteiger charge is 2.22. The molecule has 0 bridgehead atoms. The van der Waals surface area contributed by atoms with Crippen molar-refractivity contribution in [1.29, 1.82) is 0 Å². The predicted octanol–water partition coefficient (Wildman–Crippen LogP) is 5.13. The van der Waals surface area contributed by atoms with Gasteiger partial charge in [-0.25, -0.2) is 0 Å². The minimum absolute atomic E-state index is 0.00628. The van der Waals surface area contributed by atoms with Gasteiger partial charge >= 0.3 is 0 Å². The maximum Gasteiger partial charge on any atom is 0.249 e. The Morgan fingerprint density at radius 3 is 1.96 bits per heavy atom. The molecular formula is C24H27NO3. The van der Waals surface area contributed by atoms with Crippen LogP contribution in [0.15, 0.2) is 77.2 Å². The number of rotatable bonds is 8. The first-order valence-corrected chi connectivity index (χ1v) is 9.61. The fraction of sp³-hybridized carbons (Fsp3) is 0.292. The van der Waals surface area contributed by atoms with Gasteiger partial charge in [0.2, 0.25) is 5.91 Å². The summed E-state index contributed by atoms with van der Waals surface area (Å²) in [5.74, 6) is 1.57. The fourth-order valence-electron chi connectivity index (χ4n) is 3.17. The van der Waals surface area contributed by atoms with Crippen molar-refractivity contribution < 1.29 is 13.9 Å². The summed E-state index contributed by atoms with van der Waals surface area (Å²) in [5, 5.41) is 0. The summed E-state index contributed by atoms with van der Waals surface area (Å²) in [7, 11) is 0. The molecule has 146 valence electrons. The minimum atomic E-state index is -0.286. The first kappa shape index (κ1) is 19.9. The third kappa shape index (κ3) is 5.11. The molecule has 0 atom stereocenters. The number of benzene rings is 2. The third-order valence-corrected chi connectivity index (χ3v) is 4.64. The Balaban J connectivity index is 1.73. The molecule has 3 aromatic rings.